The van der Waals surface area contributed by atoms with Crippen molar-refractivity contribution >= 4 is 34.2 Å². The van der Waals surface area contributed by atoms with Crippen molar-refractivity contribution in [3.63, 3.8) is 0 Å². The van der Waals surface area contributed by atoms with Gasteiger partial charge in [0.2, 0.25) is 0 Å². The van der Waals surface area contributed by atoms with Crippen LogP contribution in [0.3, 0.4) is 0 Å². The second kappa shape index (κ2) is 6.71. The fraction of sp³-hybridized carbons (Fsp3) is 0.500. The highest BCUT2D eigenvalue weighted by Gasteiger charge is 2.12. The Kier molecular flexibility index (Phi) is 4.95. The van der Waals surface area contributed by atoms with Crippen molar-refractivity contribution in [3.05, 3.63) is 17.6 Å². The van der Waals surface area contributed by atoms with Crippen LogP contribution in [0.5, 0.6) is 0 Å². The molecule has 0 aromatic carbocycles. The Hall–Kier alpha value is -1.89. The third-order valence-electron chi connectivity index (χ3n) is 3.60. The van der Waals surface area contributed by atoms with Gasteiger partial charge in [-0.3, -0.25) is 0 Å². The molecule has 0 radical (unpaired) electrons. The Morgan fingerprint density at radius 2 is 2.14 bits per heavy atom. The lowest BCUT2D eigenvalue weighted by atomic mass is 10.2. The topological polar surface area (TPSA) is 80.8 Å². The summed E-state index contributed by atoms with van der Waals surface area (Å²) in [6.07, 6.45) is 3.94. The molecule has 0 spiro atoms. The van der Waals surface area contributed by atoms with Gasteiger partial charge in [0, 0.05) is 25.8 Å². The molecule has 21 heavy (non-hydrogen) atoms. The standard InChI is InChI=1S/C14H22N6S/c1-9-10(2)19-13(15)11-12(9)20(8-18-11)7-5-4-6-17-14(21)16-3/h8H,4-7H2,1-3H3,(H2,15,19)(H2,16,17,21). The number of nitrogens with one attached hydrogen (secondary N) is 2. The molecule has 2 heterocycles. The van der Waals surface area contributed by atoms with Gasteiger partial charge in [-0.1, -0.05) is 0 Å². The van der Waals surface area contributed by atoms with Gasteiger partial charge in [0.25, 0.3) is 0 Å². The summed E-state index contributed by atoms with van der Waals surface area (Å²) >= 11 is 5.04. The molecule has 0 aliphatic rings. The molecule has 0 saturated heterocycles. The molecule has 6 nitrogen and oxygen atoms in total. The van der Waals surface area contributed by atoms with E-state index in [1.54, 1.807) is 0 Å². The third-order valence-corrected chi connectivity index (χ3v) is 3.95. The minimum atomic E-state index is 0.507. The fourth-order valence-corrected chi connectivity index (χ4v) is 2.42. The van der Waals surface area contributed by atoms with E-state index < -0.39 is 0 Å². The number of thiocarbonyl (C=S) groups is 1. The first kappa shape index (κ1) is 15.5. The van der Waals surface area contributed by atoms with Gasteiger partial charge < -0.3 is 20.9 Å². The number of nitrogens with two attached hydrogens (primary N) is 1. The number of hydrogen-bond acceptors (Lipinski definition) is 4. The van der Waals surface area contributed by atoms with Crippen molar-refractivity contribution < 1.29 is 0 Å². The van der Waals surface area contributed by atoms with Crippen LogP contribution in [0.4, 0.5) is 5.82 Å². The summed E-state index contributed by atoms with van der Waals surface area (Å²) < 4.78 is 2.16. The third kappa shape index (κ3) is 3.41. The largest absolute Gasteiger partial charge is 0.382 e. The molecule has 0 amide bonds. The lowest BCUT2D eigenvalue weighted by molar-refractivity contribution is 0.611. The Morgan fingerprint density at radius 3 is 2.86 bits per heavy atom. The van der Waals surface area contributed by atoms with Crippen molar-refractivity contribution in [1.29, 1.82) is 0 Å². The number of anilines is 1. The number of imidazole rings is 1. The Labute approximate surface area is 130 Å². The average molecular weight is 306 g/mol. The van der Waals surface area contributed by atoms with Crippen LogP contribution in [0.25, 0.3) is 11.0 Å². The van der Waals surface area contributed by atoms with E-state index in [2.05, 4.69) is 32.1 Å². The smallest absolute Gasteiger partial charge is 0.166 e. The summed E-state index contributed by atoms with van der Waals surface area (Å²) in [5.74, 6) is 0.507. The van der Waals surface area contributed by atoms with E-state index in [1.165, 1.54) is 0 Å². The molecular formula is C14H22N6S. The molecule has 0 unspecified atom stereocenters. The van der Waals surface area contributed by atoms with Crippen molar-refractivity contribution in [3.8, 4) is 0 Å². The maximum Gasteiger partial charge on any atom is 0.166 e. The maximum atomic E-state index is 5.95. The summed E-state index contributed by atoms with van der Waals surface area (Å²) in [6, 6.07) is 0. The minimum Gasteiger partial charge on any atom is -0.382 e. The quantitative estimate of drug-likeness (QED) is 0.574. The van der Waals surface area contributed by atoms with E-state index in [-0.39, 0.29) is 0 Å². The van der Waals surface area contributed by atoms with Crippen LogP contribution >= 0.6 is 12.2 Å². The number of rotatable bonds is 5. The highest BCUT2D eigenvalue weighted by atomic mass is 32.1. The zero-order valence-electron chi connectivity index (χ0n) is 12.7. The molecule has 2 aromatic heterocycles. The molecule has 2 aromatic rings. The van der Waals surface area contributed by atoms with Crippen LogP contribution in [0.1, 0.15) is 24.1 Å². The minimum absolute atomic E-state index is 0.507. The van der Waals surface area contributed by atoms with Gasteiger partial charge in [0.15, 0.2) is 10.9 Å². The van der Waals surface area contributed by atoms with E-state index in [0.29, 0.717) is 10.9 Å². The zero-order valence-corrected chi connectivity index (χ0v) is 13.5. The molecule has 4 N–H and O–H groups in total. The summed E-state index contributed by atoms with van der Waals surface area (Å²) in [4.78, 5) is 8.71. The number of aryl methyl sites for hydroxylation is 3. The molecule has 114 valence electrons. The van der Waals surface area contributed by atoms with Crippen LogP contribution in [-0.2, 0) is 6.54 Å². The normalized spacial score (nSPS) is 10.8. The van der Waals surface area contributed by atoms with E-state index in [1.807, 2.05) is 20.3 Å². The average Bonchev–Trinajstić information content (AvgIpc) is 2.89. The van der Waals surface area contributed by atoms with Crippen molar-refractivity contribution in [2.75, 3.05) is 19.3 Å². The van der Waals surface area contributed by atoms with Crippen molar-refractivity contribution in [2.24, 2.45) is 0 Å². The highest BCUT2D eigenvalue weighted by molar-refractivity contribution is 7.80. The molecule has 0 atom stereocenters. The van der Waals surface area contributed by atoms with Crippen LogP contribution < -0.4 is 16.4 Å². The van der Waals surface area contributed by atoms with E-state index in [4.69, 9.17) is 18.0 Å². The van der Waals surface area contributed by atoms with Crippen molar-refractivity contribution in [2.45, 2.75) is 33.2 Å². The summed E-state index contributed by atoms with van der Waals surface area (Å²) in [5, 5.41) is 6.73. The SMILES string of the molecule is CNC(=S)NCCCCn1cnc2c(N)nc(C)c(C)c21. The predicted molar refractivity (Wildman–Crippen MR) is 90.3 cm³/mol. The highest BCUT2D eigenvalue weighted by Crippen LogP contribution is 2.23. The van der Waals surface area contributed by atoms with E-state index >= 15 is 0 Å². The van der Waals surface area contributed by atoms with Gasteiger partial charge >= 0.3 is 0 Å². The molecule has 0 aliphatic carbocycles. The molecule has 7 heteroatoms. The Morgan fingerprint density at radius 1 is 1.38 bits per heavy atom. The van der Waals surface area contributed by atoms with Crippen molar-refractivity contribution in [1.82, 2.24) is 25.2 Å². The molecule has 0 aliphatic heterocycles. The summed E-state index contributed by atoms with van der Waals surface area (Å²) in [6.45, 7) is 5.82. The Bertz CT molecular complexity index is 648. The second-order valence-electron chi connectivity index (χ2n) is 5.06. The first-order chi connectivity index (χ1) is 10.0. The first-order valence-electron chi connectivity index (χ1n) is 7.07. The number of aromatic nitrogens is 3. The van der Waals surface area contributed by atoms with Gasteiger partial charge in [-0.2, -0.15) is 0 Å². The number of nitrogen functional groups attached to an aromatic ring is 1. The summed E-state index contributed by atoms with van der Waals surface area (Å²) in [5.41, 5.74) is 9.95. The monoisotopic (exact) mass is 306 g/mol. The Balaban J connectivity index is 2.01. The number of unbranched alkanes of at least 4 members (excludes halogenated alkanes) is 1. The number of pyridine rings is 1. The van der Waals surface area contributed by atoms with Crippen LogP contribution in [0, 0.1) is 13.8 Å². The predicted octanol–water partition coefficient (Wildman–Crippen LogP) is 1.50. The number of hydrogen-bond donors (Lipinski definition) is 3. The van der Waals surface area contributed by atoms with Gasteiger partial charge in [0.05, 0.1) is 11.8 Å². The van der Waals surface area contributed by atoms with Crippen LogP contribution in [0.2, 0.25) is 0 Å². The number of nitrogens with zero attached hydrogens (tertiary/aromatic N) is 3. The van der Waals surface area contributed by atoms with Gasteiger partial charge in [-0.25, -0.2) is 9.97 Å². The fourth-order valence-electron chi connectivity index (χ4n) is 2.32. The lowest BCUT2D eigenvalue weighted by Crippen LogP contribution is -2.33. The maximum absolute atomic E-state index is 5.95. The molecule has 0 saturated carbocycles. The second-order valence-corrected chi connectivity index (χ2v) is 5.46. The van der Waals surface area contributed by atoms with Gasteiger partial charge in [0.1, 0.15) is 5.52 Å². The molecule has 0 bridgehead atoms. The van der Waals surface area contributed by atoms with Crippen LogP contribution in [0.15, 0.2) is 6.33 Å². The number of fused-ring (bicyclic) bond motifs is 1. The van der Waals surface area contributed by atoms with E-state index in [0.717, 1.165) is 48.2 Å². The van der Waals surface area contributed by atoms with Gasteiger partial charge in [-0.15, -0.1) is 0 Å². The zero-order chi connectivity index (χ0) is 15.4. The molecule has 2 rings (SSSR count). The van der Waals surface area contributed by atoms with Crippen LogP contribution in [-0.4, -0.2) is 33.2 Å². The van der Waals surface area contributed by atoms with E-state index in [9.17, 15) is 0 Å². The summed E-state index contributed by atoms with van der Waals surface area (Å²) in [7, 11) is 1.82. The lowest BCUT2D eigenvalue weighted by Gasteiger charge is -2.10. The molecular weight excluding hydrogens is 284 g/mol. The molecule has 0 fully saturated rings. The van der Waals surface area contributed by atoms with Gasteiger partial charge in [-0.05, 0) is 44.5 Å². The first-order valence-corrected chi connectivity index (χ1v) is 7.48.